The van der Waals surface area contributed by atoms with Crippen molar-refractivity contribution in [2.75, 3.05) is 19.0 Å². The van der Waals surface area contributed by atoms with Crippen LogP contribution in [0.1, 0.15) is 0 Å². The summed E-state index contributed by atoms with van der Waals surface area (Å²) in [5.74, 6) is 0. The predicted octanol–water partition coefficient (Wildman–Crippen LogP) is 4.04. The summed E-state index contributed by atoms with van der Waals surface area (Å²) < 4.78 is 0. The third-order valence-electron chi connectivity index (χ3n) is 3.08. The Morgan fingerprint density at radius 2 is 1.48 bits per heavy atom. The first-order valence-electron chi connectivity index (χ1n) is 6.64. The average Bonchev–Trinajstić information content (AvgIpc) is 3.12. The van der Waals surface area contributed by atoms with Crippen LogP contribution in [-0.4, -0.2) is 14.1 Å². The predicted molar refractivity (Wildman–Crippen MR) is 93.2 cm³/mol. The van der Waals surface area contributed by atoms with E-state index in [0.717, 1.165) is 0 Å². The third kappa shape index (κ3) is 4.86. The molecule has 0 aromatic heterocycles. The van der Waals surface area contributed by atoms with Gasteiger partial charge in [0.1, 0.15) is 0 Å². The standard InChI is InChI=1S/C13H15NP.C5H5.Fe/c1-14(2)12-8-4-3-6-10(12)11-7-5-9-13(11)15;1-2-4-5-3-1;/h3-9H,15H2,1-2H3;1-5H;/q-1;-5;. The second-order valence-electron chi connectivity index (χ2n) is 4.77. The van der Waals surface area contributed by atoms with Crippen molar-refractivity contribution in [3.63, 3.8) is 0 Å². The van der Waals surface area contributed by atoms with Crippen LogP contribution in [0.25, 0.3) is 11.1 Å². The Morgan fingerprint density at radius 3 is 1.95 bits per heavy atom. The van der Waals surface area contributed by atoms with E-state index in [-0.39, 0.29) is 17.1 Å². The molecule has 0 saturated carbocycles. The van der Waals surface area contributed by atoms with Crippen LogP contribution in [0.15, 0.2) is 72.8 Å². The van der Waals surface area contributed by atoms with Crippen LogP contribution in [-0.2, 0) is 17.1 Å². The van der Waals surface area contributed by atoms with Crippen LogP contribution in [0.5, 0.6) is 0 Å². The minimum absolute atomic E-state index is 0. The molecule has 0 spiro atoms. The van der Waals surface area contributed by atoms with Crippen molar-refractivity contribution in [3.05, 3.63) is 72.8 Å². The maximum Gasteiger partial charge on any atom is 0 e. The van der Waals surface area contributed by atoms with Crippen molar-refractivity contribution < 1.29 is 17.1 Å². The Bertz CT molecular complexity index is 609. The van der Waals surface area contributed by atoms with Gasteiger partial charge in [0.25, 0.3) is 0 Å². The molecule has 3 heteroatoms. The summed E-state index contributed by atoms with van der Waals surface area (Å²) >= 11 is 0. The Labute approximate surface area is 140 Å². The van der Waals surface area contributed by atoms with Crippen molar-refractivity contribution in [2.24, 2.45) is 0 Å². The van der Waals surface area contributed by atoms with Crippen LogP contribution in [0.3, 0.4) is 0 Å². The molecule has 116 valence electrons. The monoisotopic (exact) mass is 337 g/mol. The van der Waals surface area contributed by atoms with Crippen LogP contribution < -0.4 is 10.2 Å². The molecular weight excluding hydrogens is 317 g/mol. The largest absolute Gasteiger partial charge is 0.748 e. The molecule has 1 nitrogen and oxygen atoms in total. The van der Waals surface area contributed by atoms with Gasteiger partial charge in [-0.15, -0.1) is 27.4 Å². The van der Waals surface area contributed by atoms with Crippen LogP contribution in [0.2, 0.25) is 0 Å². The first kappa shape index (κ1) is 17.7. The molecule has 3 rings (SSSR count). The number of anilines is 1. The SMILES string of the molecule is CN(C)c1ccccc1-[c-]1cccc1P.[Fe].[cH-]1[cH-][cH-][cH-][cH-]1. The maximum absolute atomic E-state index is 2.78. The van der Waals surface area contributed by atoms with Gasteiger partial charge >= 0.3 is 0 Å². The third-order valence-corrected chi connectivity index (χ3v) is 3.58. The van der Waals surface area contributed by atoms with Gasteiger partial charge in [-0.1, -0.05) is 34.6 Å². The maximum atomic E-state index is 2.78. The van der Waals surface area contributed by atoms with E-state index in [1.165, 1.54) is 22.1 Å². The molecule has 21 heavy (non-hydrogen) atoms. The number of nitrogens with zero attached hydrogens (tertiary/aromatic N) is 1. The van der Waals surface area contributed by atoms with E-state index in [0.29, 0.717) is 0 Å². The van der Waals surface area contributed by atoms with Gasteiger partial charge in [0, 0.05) is 17.1 Å². The van der Waals surface area contributed by atoms with Crippen molar-refractivity contribution in [2.45, 2.75) is 0 Å². The molecular formula is C18H20FeNP-6. The Kier molecular flexibility index (Phi) is 7.46. The smallest absolute Gasteiger partial charge is 0 e. The van der Waals surface area contributed by atoms with Crippen molar-refractivity contribution in [1.82, 2.24) is 0 Å². The summed E-state index contributed by atoms with van der Waals surface area (Å²) in [6.07, 6.45) is 0. The molecule has 0 radical (unpaired) electrons. The number of para-hydroxylation sites is 1. The molecule has 3 aromatic rings. The Balaban J connectivity index is 0.000000313. The van der Waals surface area contributed by atoms with E-state index in [1.807, 2.05) is 30.3 Å². The van der Waals surface area contributed by atoms with Crippen molar-refractivity contribution in [3.8, 4) is 11.1 Å². The first-order chi connectivity index (χ1) is 9.70. The van der Waals surface area contributed by atoms with Gasteiger partial charge < -0.3 is 35.2 Å². The van der Waals surface area contributed by atoms with Gasteiger partial charge in [-0.2, -0.15) is 6.07 Å². The minimum atomic E-state index is 0. The number of hydrogen-bond donors (Lipinski definition) is 0. The second-order valence-corrected chi connectivity index (χ2v) is 5.39. The zero-order valence-corrected chi connectivity index (χ0v) is 14.6. The second kappa shape index (κ2) is 8.85. The summed E-state index contributed by atoms with van der Waals surface area (Å²) in [5.41, 5.74) is 3.84. The summed E-state index contributed by atoms with van der Waals surface area (Å²) in [5, 5.41) is 1.25. The Morgan fingerprint density at radius 1 is 0.905 bits per heavy atom. The summed E-state index contributed by atoms with van der Waals surface area (Å²) in [4.78, 5) is 2.15. The molecule has 0 heterocycles. The number of benzene rings is 1. The number of hydrogen-bond acceptors (Lipinski definition) is 1. The van der Waals surface area contributed by atoms with Crippen LogP contribution in [0, 0.1) is 0 Å². The molecule has 0 amide bonds. The molecule has 3 aromatic carbocycles. The molecule has 0 aliphatic rings. The molecule has 0 fully saturated rings. The zero-order valence-electron chi connectivity index (χ0n) is 12.3. The van der Waals surface area contributed by atoms with Crippen LogP contribution >= 0.6 is 9.24 Å². The molecule has 0 aliphatic carbocycles. The molecule has 1 unspecified atom stereocenters. The summed E-state index contributed by atoms with van der Waals surface area (Å²) in [6.45, 7) is 0. The molecule has 0 bridgehead atoms. The number of rotatable bonds is 2. The normalized spacial score (nSPS) is 9.29. The zero-order chi connectivity index (χ0) is 14.4. The van der Waals surface area contributed by atoms with Crippen LogP contribution in [0.4, 0.5) is 5.69 Å². The van der Waals surface area contributed by atoms with E-state index in [4.69, 9.17) is 0 Å². The molecule has 1 atom stereocenters. The van der Waals surface area contributed by atoms with Gasteiger partial charge in [-0.3, -0.25) is 0 Å². The van der Waals surface area contributed by atoms with E-state index in [9.17, 15) is 0 Å². The fourth-order valence-corrected chi connectivity index (χ4v) is 2.45. The van der Waals surface area contributed by atoms with E-state index in [2.05, 4.69) is 70.7 Å². The topological polar surface area (TPSA) is 3.24 Å². The van der Waals surface area contributed by atoms with E-state index in [1.54, 1.807) is 0 Å². The Hall–Kier alpha value is -1.33. The molecule has 0 N–H and O–H groups in total. The van der Waals surface area contributed by atoms with Crippen molar-refractivity contribution in [1.29, 1.82) is 0 Å². The van der Waals surface area contributed by atoms with E-state index >= 15 is 0 Å². The van der Waals surface area contributed by atoms with Crippen molar-refractivity contribution >= 4 is 20.2 Å². The summed E-state index contributed by atoms with van der Waals surface area (Å²) in [7, 11) is 6.93. The molecule has 0 saturated heterocycles. The fourth-order valence-electron chi connectivity index (χ4n) is 2.09. The van der Waals surface area contributed by atoms with Gasteiger partial charge in [0.2, 0.25) is 0 Å². The van der Waals surface area contributed by atoms with Gasteiger partial charge in [-0.05, 0) is 19.8 Å². The molecule has 0 aliphatic heterocycles. The van der Waals surface area contributed by atoms with Gasteiger partial charge in [0.15, 0.2) is 0 Å². The first-order valence-corrected chi connectivity index (χ1v) is 7.22. The quantitative estimate of drug-likeness (QED) is 0.388. The average molecular weight is 337 g/mol. The summed E-state index contributed by atoms with van der Waals surface area (Å²) in [6, 6.07) is 24.8. The van der Waals surface area contributed by atoms with Gasteiger partial charge in [0.05, 0.1) is 0 Å². The fraction of sp³-hybridized carbons (Fsp3) is 0.111. The van der Waals surface area contributed by atoms with Gasteiger partial charge in [-0.25, -0.2) is 0 Å². The minimum Gasteiger partial charge on any atom is -0.748 e. The van der Waals surface area contributed by atoms with E-state index < -0.39 is 0 Å².